The van der Waals surface area contributed by atoms with Crippen molar-refractivity contribution < 1.29 is 19.6 Å². The van der Waals surface area contributed by atoms with Crippen LogP contribution < -0.4 is 10.3 Å². The van der Waals surface area contributed by atoms with Gasteiger partial charge in [-0.3, -0.25) is 14.9 Å². The van der Waals surface area contributed by atoms with E-state index in [9.17, 15) is 30.1 Å². The molecule has 0 saturated carbocycles. The van der Waals surface area contributed by atoms with E-state index in [0.717, 1.165) is 4.68 Å². The Labute approximate surface area is 175 Å². The van der Waals surface area contributed by atoms with Crippen molar-refractivity contribution in [2.24, 2.45) is 0 Å². The minimum absolute atomic E-state index is 0.109. The average molecular weight is 418 g/mol. The maximum absolute atomic E-state index is 12.9. The van der Waals surface area contributed by atoms with Gasteiger partial charge in [-0.05, 0) is 29.8 Å². The number of aromatic nitrogens is 2. The lowest BCUT2D eigenvalue weighted by Gasteiger charge is -2.12. The fourth-order valence-corrected chi connectivity index (χ4v) is 2.82. The van der Waals surface area contributed by atoms with E-state index in [1.54, 1.807) is 24.3 Å². The quantitative estimate of drug-likeness (QED) is 0.474. The van der Waals surface area contributed by atoms with Crippen molar-refractivity contribution in [1.29, 1.82) is 5.26 Å². The van der Waals surface area contributed by atoms with Gasteiger partial charge >= 0.3 is 5.97 Å². The van der Waals surface area contributed by atoms with Crippen LogP contribution in [-0.2, 0) is 0 Å². The molecule has 0 atom stereocenters. The lowest BCUT2D eigenvalue weighted by Crippen LogP contribution is -2.28. The van der Waals surface area contributed by atoms with Gasteiger partial charge in [0.05, 0.1) is 12.0 Å². The van der Waals surface area contributed by atoms with Crippen molar-refractivity contribution in [3.05, 3.63) is 91.4 Å². The van der Waals surface area contributed by atoms with Gasteiger partial charge in [0.15, 0.2) is 5.69 Å². The molecule has 0 aliphatic heterocycles. The normalized spacial score (nSPS) is 10.6. The van der Waals surface area contributed by atoms with Gasteiger partial charge in [-0.1, -0.05) is 24.3 Å². The zero-order valence-corrected chi connectivity index (χ0v) is 16.1. The first-order chi connectivity index (χ1) is 14.9. The zero-order valence-electron chi connectivity index (χ0n) is 16.1. The number of nitrogens with zero attached hydrogens (tertiary/aromatic N) is 4. The Balaban J connectivity index is 2.18. The van der Waals surface area contributed by atoms with E-state index in [0.29, 0.717) is 5.56 Å². The number of aromatic carboxylic acids is 1. The number of nitriles is 1. The lowest BCUT2D eigenvalue weighted by molar-refractivity contribution is -0.384. The molecule has 3 rings (SSSR count). The molecule has 0 unspecified atom stereocenters. The van der Waals surface area contributed by atoms with Crippen molar-refractivity contribution in [2.45, 2.75) is 0 Å². The molecule has 1 N–H and O–H groups in total. The molecular weight excluding hydrogens is 404 g/mol. The molecule has 0 fully saturated rings. The molecule has 1 aromatic heterocycles. The molecule has 3 aromatic rings. The van der Waals surface area contributed by atoms with Crippen LogP contribution in [-0.4, -0.2) is 32.9 Å². The minimum atomic E-state index is -1.44. The summed E-state index contributed by atoms with van der Waals surface area (Å²) < 4.78 is 6.01. The zero-order chi connectivity index (χ0) is 22.5. The SMILES string of the molecule is COc1ccccc1-n1nc(C(=O)O)c(/C=C\c2ccc([N+](=O)[O-])cc2)c(C#N)c1=O. The standard InChI is InChI=1S/C21H14N4O6/c1-31-18-5-3-2-4-17(18)24-20(26)16(12-22)15(19(23-24)21(27)28)11-8-13-6-9-14(10-7-13)25(29)30/h2-11H,1H3,(H,27,28)/b11-8-. The van der Waals surface area contributed by atoms with Gasteiger partial charge in [-0.25, -0.2) is 4.79 Å². The first kappa shape index (κ1) is 20.9. The topological polar surface area (TPSA) is 148 Å². The smallest absolute Gasteiger partial charge is 0.357 e. The number of non-ortho nitro benzene ring substituents is 1. The van der Waals surface area contributed by atoms with Gasteiger partial charge in [0.1, 0.15) is 23.1 Å². The number of nitro groups is 1. The van der Waals surface area contributed by atoms with Crippen molar-refractivity contribution >= 4 is 23.8 Å². The van der Waals surface area contributed by atoms with Crippen molar-refractivity contribution in [3.8, 4) is 17.5 Å². The first-order valence-electron chi connectivity index (χ1n) is 8.74. The molecule has 10 nitrogen and oxygen atoms in total. The number of methoxy groups -OCH3 is 1. The summed E-state index contributed by atoms with van der Waals surface area (Å²) in [5, 5.41) is 33.9. The Morgan fingerprint density at radius 2 is 1.90 bits per heavy atom. The molecule has 31 heavy (non-hydrogen) atoms. The fourth-order valence-electron chi connectivity index (χ4n) is 2.82. The average Bonchev–Trinajstić information content (AvgIpc) is 2.77. The molecule has 0 aliphatic rings. The molecule has 0 radical (unpaired) electrons. The van der Waals surface area contributed by atoms with Gasteiger partial charge in [0.2, 0.25) is 0 Å². The van der Waals surface area contributed by atoms with E-state index in [4.69, 9.17) is 4.74 Å². The second-order valence-electron chi connectivity index (χ2n) is 6.13. The van der Waals surface area contributed by atoms with E-state index in [-0.39, 0.29) is 22.7 Å². The van der Waals surface area contributed by atoms with E-state index in [2.05, 4.69) is 5.10 Å². The molecular formula is C21H14N4O6. The van der Waals surface area contributed by atoms with Gasteiger partial charge in [-0.2, -0.15) is 15.0 Å². The summed E-state index contributed by atoms with van der Waals surface area (Å²) in [6, 6.07) is 13.6. The van der Waals surface area contributed by atoms with Crippen LogP contribution in [0.4, 0.5) is 5.69 Å². The highest BCUT2D eigenvalue weighted by atomic mass is 16.6. The number of para-hydroxylation sites is 2. The summed E-state index contributed by atoms with van der Waals surface area (Å²) in [7, 11) is 1.38. The molecule has 0 amide bonds. The fraction of sp³-hybridized carbons (Fsp3) is 0.0476. The molecule has 0 saturated heterocycles. The Hall–Kier alpha value is -4.78. The summed E-state index contributed by atoms with van der Waals surface area (Å²) in [4.78, 5) is 35.0. The van der Waals surface area contributed by atoms with Crippen LogP contribution in [0, 0.1) is 21.4 Å². The van der Waals surface area contributed by atoms with E-state index in [1.165, 1.54) is 49.6 Å². The number of carboxylic acid groups (broad SMARTS) is 1. The molecule has 154 valence electrons. The van der Waals surface area contributed by atoms with Crippen LogP contribution in [0.3, 0.4) is 0 Å². The van der Waals surface area contributed by atoms with Gasteiger partial charge in [-0.15, -0.1) is 0 Å². The van der Waals surface area contributed by atoms with Crippen LogP contribution in [0.15, 0.2) is 53.3 Å². The predicted octanol–water partition coefficient (Wildman–Crippen LogP) is 2.89. The van der Waals surface area contributed by atoms with Crippen LogP contribution in [0.2, 0.25) is 0 Å². The second kappa shape index (κ2) is 8.71. The number of nitro benzene ring substituents is 1. The van der Waals surface area contributed by atoms with Crippen LogP contribution in [0.5, 0.6) is 5.75 Å². The molecule has 1 heterocycles. The lowest BCUT2D eigenvalue weighted by atomic mass is 10.1. The number of benzene rings is 2. The third-order valence-electron chi connectivity index (χ3n) is 4.30. The number of hydrogen-bond acceptors (Lipinski definition) is 7. The van der Waals surface area contributed by atoms with Gasteiger partial charge in [0.25, 0.3) is 11.2 Å². The Morgan fingerprint density at radius 1 is 1.23 bits per heavy atom. The number of hydrogen-bond donors (Lipinski definition) is 1. The van der Waals surface area contributed by atoms with E-state index in [1.807, 2.05) is 0 Å². The van der Waals surface area contributed by atoms with Crippen molar-refractivity contribution in [3.63, 3.8) is 0 Å². The summed E-state index contributed by atoms with van der Waals surface area (Å²) >= 11 is 0. The summed E-state index contributed by atoms with van der Waals surface area (Å²) in [6.45, 7) is 0. The van der Waals surface area contributed by atoms with Crippen molar-refractivity contribution in [2.75, 3.05) is 7.11 Å². The van der Waals surface area contributed by atoms with Gasteiger partial charge in [0, 0.05) is 17.7 Å². The number of carbonyl (C=O) groups is 1. The molecule has 0 bridgehead atoms. The highest BCUT2D eigenvalue weighted by molar-refractivity contribution is 5.92. The third-order valence-corrected chi connectivity index (χ3v) is 4.30. The van der Waals surface area contributed by atoms with Crippen LogP contribution in [0.1, 0.15) is 27.2 Å². The highest BCUT2D eigenvalue weighted by Crippen LogP contribution is 2.22. The van der Waals surface area contributed by atoms with Crippen LogP contribution >= 0.6 is 0 Å². The molecule has 2 aromatic carbocycles. The number of rotatable bonds is 6. The predicted molar refractivity (Wildman–Crippen MR) is 110 cm³/mol. The molecule has 0 spiro atoms. The number of carboxylic acids is 1. The second-order valence-corrected chi connectivity index (χ2v) is 6.13. The highest BCUT2D eigenvalue weighted by Gasteiger charge is 2.22. The Kier molecular flexibility index (Phi) is 5.88. The maximum Gasteiger partial charge on any atom is 0.357 e. The van der Waals surface area contributed by atoms with Crippen LogP contribution in [0.25, 0.3) is 17.8 Å². The monoisotopic (exact) mass is 418 g/mol. The minimum Gasteiger partial charge on any atom is -0.494 e. The largest absolute Gasteiger partial charge is 0.494 e. The van der Waals surface area contributed by atoms with E-state index < -0.39 is 27.7 Å². The summed E-state index contributed by atoms with van der Waals surface area (Å²) in [6.07, 6.45) is 2.70. The Morgan fingerprint density at radius 3 is 2.48 bits per heavy atom. The van der Waals surface area contributed by atoms with Gasteiger partial charge < -0.3 is 9.84 Å². The summed E-state index contributed by atoms with van der Waals surface area (Å²) in [5.41, 5.74) is -1.36. The first-order valence-corrected chi connectivity index (χ1v) is 8.74. The van der Waals surface area contributed by atoms with Crippen molar-refractivity contribution in [1.82, 2.24) is 9.78 Å². The maximum atomic E-state index is 12.9. The molecule has 10 heteroatoms. The summed E-state index contributed by atoms with van der Waals surface area (Å²) in [5.74, 6) is -1.17. The molecule has 0 aliphatic carbocycles. The van der Waals surface area contributed by atoms with E-state index >= 15 is 0 Å². The number of ether oxygens (including phenoxy) is 1. The third kappa shape index (κ3) is 4.15. The Bertz CT molecular complexity index is 1300.